The van der Waals surface area contributed by atoms with E-state index in [1.54, 1.807) is 0 Å². The molecule has 3 aromatic carbocycles. The molecule has 0 saturated heterocycles. The van der Waals surface area contributed by atoms with Crippen LogP contribution in [0.5, 0.6) is 5.75 Å². The molecule has 0 atom stereocenters. The fourth-order valence-corrected chi connectivity index (χ4v) is 13.6. The summed E-state index contributed by atoms with van der Waals surface area (Å²) in [6.07, 6.45) is 30.0. The minimum absolute atomic E-state index is 0.788. The molecule has 0 fully saturated rings. The van der Waals surface area contributed by atoms with Gasteiger partial charge in [-0.2, -0.15) is 0 Å². The molecule has 278 valence electrons. The van der Waals surface area contributed by atoms with E-state index >= 15 is 4.57 Å². The number of benzene rings is 3. The molecule has 0 amide bonds. The third kappa shape index (κ3) is 17.7. The summed E-state index contributed by atoms with van der Waals surface area (Å²) in [6, 6.07) is 25.6. The van der Waals surface area contributed by atoms with Crippen LogP contribution >= 0.6 is 28.5 Å². The lowest BCUT2D eigenvalue weighted by Crippen LogP contribution is -1.96. The van der Waals surface area contributed by atoms with E-state index in [1.165, 1.54) is 168 Å². The average molecular weight is 737 g/mol. The largest absolute Gasteiger partial charge is 0.428 e. The van der Waals surface area contributed by atoms with Gasteiger partial charge < -0.3 is 4.52 Å². The zero-order valence-corrected chi connectivity index (χ0v) is 34.5. The van der Waals surface area contributed by atoms with Gasteiger partial charge >= 0.3 is 5.77 Å². The van der Waals surface area contributed by atoms with Crippen LogP contribution in [0.25, 0.3) is 0 Å². The molecule has 0 aliphatic heterocycles. The van der Waals surface area contributed by atoms with Crippen LogP contribution in [0.3, 0.4) is 0 Å². The number of unbranched alkanes of at least 4 members (excludes halogenated alkanes) is 18. The summed E-state index contributed by atoms with van der Waals surface area (Å²) in [4.78, 5) is 2.20. The first kappa shape index (κ1) is 42.8. The molecule has 0 spiro atoms. The van der Waals surface area contributed by atoms with Crippen LogP contribution in [-0.2, 0) is 23.8 Å². The van der Waals surface area contributed by atoms with Crippen LogP contribution in [0.1, 0.15) is 172 Å². The second-order valence-electron chi connectivity index (χ2n) is 14.2. The first-order valence-corrected chi connectivity index (χ1v) is 25.0. The lowest BCUT2D eigenvalue weighted by Gasteiger charge is -2.22. The fraction of sp³-hybridized carbons (Fsp3) is 0.600. The van der Waals surface area contributed by atoms with Gasteiger partial charge in [0.15, 0.2) is 0 Å². The van der Waals surface area contributed by atoms with E-state index < -0.39 is 5.77 Å². The van der Waals surface area contributed by atoms with Gasteiger partial charge in [0.2, 0.25) is 0 Å². The van der Waals surface area contributed by atoms with Gasteiger partial charge in [-0.15, -0.1) is 0 Å². The molecule has 0 unspecified atom stereocenters. The molecule has 3 aromatic rings. The molecule has 0 aliphatic carbocycles. The molecule has 50 heavy (non-hydrogen) atoms. The van der Waals surface area contributed by atoms with Crippen molar-refractivity contribution in [2.24, 2.45) is 0 Å². The molecule has 2 nitrogen and oxygen atoms in total. The van der Waals surface area contributed by atoms with Crippen molar-refractivity contribution in [3.8, 4) is 5.75 Å². The minimum atomic E-state index is -3.30. The molecule has 0 heterocycles. The van der Waals surface area contributed by atoms with Crippen molar-refractivity contribution in [2.75, 3.05) is 0 Å². The van der Waals surface area contributed by atoms with E-state index in [9.17, 15) is 0 Å². The summed E-state index contributed by atoms with van der Waals surface area (Å²) in [7, 11) is 0. The van der Waals surface area contributed by atoms with Crippen LogP contribution in [0, 0.1) is 0 Å². The smallest absolute Gasteiger partial charge is 0.369 e. The third-order valence-corrected chi connectivity index (χ3v) is 16.1. The fourth-order valence-electron chi connectivity index (χ4n) is 6.63. The lowest BCUT2D eigenvalue weighted by molar-refractivity contribution is 0.510. The average Bonchev–Trinajstić information content (AvgIpc) is 3.12. The van der Waals surface area contributed by atoms with Gasteiger partial charge in [0.25, 0.3) is 0 Å². The predicted octanol–water partition coefficient (Wildman–Crippen LogP) is 16.6. The first-order valence-electron chi connectivity index (χ1n) is 20.5. The quantitative estimate of drug-likeness (QED) is 0.0503. The Balaban J connectivity index is 1.77. The van der Waals surface area contributed by atoms with E-state index in [0.717, 1.165) is 41.2 Å². The van der Waals surface area contributed by atoms with Crippen LogP contribution in [0.2, 0.25) is 0 Å². The van der Waals surface area contributed by atoms with Crippen molar-refractivity contribution < 1.29 is 9.09 Å². The summed E-state index contributed by atoms with van der Waals surface area (Å²) in [5, 5.41) is 0. The Hall–Kier alpha value is -1.61. The van der Waals surface area contributed by atoms with Gasteiger partial charge in [-0.05, 0) is 96.2 Å². The zero-order chi connectivity index (χ0) is 35.5. The normalized spacial score (nSPS) is 11.7. The number of hydrogen-bond donors (Lipinski definition) is 0. The van der Waals surface area contributed by atoms with Crippen LogP contribution < -0.4 is 4.52 Å². The van der Waals surface area contributed by atoms with Gasteiger partial charge in [-0.3, -0.25) is 4.57 Å². The van der Waals surface area contributed by atoms with E-state index in [4.69, 9.17) is 4.52 Å². The van der Waals surface area contributed by atoms with Crippen LogP contribution in [-0.4, -0.2) is 0 Å². The molecule has 3 rings (SSSR count). The Kier molecular flexibility index (Phi) is 23.2. The second kappa shape index (κ2) is 27.1. The summed E-state index contributed by atoms with van der Waals surface area (Å²) < 4.78 is 22.1. The van der Waals surface area contributed by atoms with Crippen molar-refractivity contribution >= 4 is 28.5 Å². The van der Waals surface area contributed by atoms with Gasteiger partial charge in [-0.25, -0.2) is 0 Å². The maximum absolute atomic E-state index is 15.3. The first-order chi connectivity index (χ1) is 24.6. The van der Waals surface area contributed by atoms with E-state index in [2.05, 4.69) is 81.4 Å². The second-order valence-corrected chi connectivity index (χ2v) is 21.2. The third-order valence-electron chi connectivity index (χ3n) is 9.70. The number of hydrogen-bond acceptors (Lipinski definition) is 4. The molecule has 0 aromatic heterocycles. The molecule has 0 N–H and O–H groups in total. The standard InChI is InChI=1S/C45H69O2PS2/c1-4-7-10-13-16-19-22-31-40-32-25-28-37-43(40)47-48(46,49-44-38-29-26-35-41(44)33-23-20-17-14-11-8-5-2)50-45-39-30-27-36-42(45)34-24-21-18-15-12-9-6-3/h25-30,32,35-39H,4-24,31,33-34H2,1-3H3. The number of para-hydroxylation sites is 1. The van der Waals surface area contributed by atoms with E-state index in [1.807, 2.05) is 12.1 Å². The highest BCUT2D eigenvalue weighted by molar-refractivity contribution is 8.89. The summed E-state index contributed by atoms with van der Waals surface area (Å²) >= 11 is 2.95. The molecule has 0 radical (unpaired) electrons. The summed E-state index contributed by atoms with van der Waals surface area (Å²) in [5.41, 5.74) is 3.77. The van der Waals surface area contributed by atoms with Crippen molar-refractivity contribution in [3.05, 3.63) is 89.5 Å². The van der Waals surface area contributed by atoms with Crippen molar-refractivity contribution in [1.82, 2.24) is 0 Å². The zero-order valence-electron chi connectivity index (χ0n) is 32.0. The van der Waals surface area contributed by atoms with Gasteiger partial charge in [0, 0.05) is 9.79 Å². The SMILES string of the molecule is CCCCCCCCCc1ccccc1OP(=O)(Sc1ccccc1CCCCCCCCC)Sc1ccccc1CCCCCCCCC. The highest BCUT2D eigenvalue weighted by Crippen LogP contribution is 2.74. The monoisotopic (exact) mass is 736 g/mol. The van der Waals surface area contributed by atoms with Crippen LogP contribution in [0.4, 0.5) is 0 Å². The van der Waals surface area contributed by atoms with E-state index in [-0.39, 0.29) is 0 Å². The Morgan fingerprint density at radius 1 is 0.420 bits per heavy atom. The minimum Gasteiger partial charge on any atom is -0.428 e. The van der Waals surface area contributed by atoms with Gasteiger partial charge in [-0.1, -0.05) is 191 Å². The van der Waals surface area contributed by atoms with Crippen molar-refractivity contribution in [1.29, 1.82) is 0 Å². The molecular formula is C45H69O2PS2. The highest BCUT2D eigenvalue weighted by atomic mass is 33.1. The molecule has 5 heteroatoms. The Labute approximate surface area is 316 Å². The van der Waals surface area contributed by atoms with Gasteiger partial charge in [0.05, 0.1) is 0 Å². The summed E-state index contributed by atoms with van der Waals surface area (Å²) in [5.74, 6) is -2.52. The maximum Gasteiger partial charge on any atom is 0.369 e. The predicted molar refractivity (Wildman–Crippen MR) is 224 cm³/mol. The number of rotatable bonds is 30. The molecule has 0 bridgehead atoms. The van der Waals surface area contributed by atoms with Crippen molar-refractivity contribution in [3.63, 3.8) is 0 Å². The molecular weight excluding hydrogens is 668 g/mol. The summed E-state index contributed by atoms with van der Waals surface area (Å²) in [6.45, 7) is 6.83. The topological polar surface area (TPSA) is 26.3 Å². The van der Waals surface area contributed by atoms with Gasteiger partial charge in [0.1, 0.15) is 5.75 Å². The van der Waals surface area contributed by atoms with E-state index in [0.29, 0.717) is 0 Å². The number of aryl methyl sites for hydroxylation is 3. The molecule has 0 saturated carbocycles. The lowest BCUT2D eigenvalue weighted by atomic mass is 10.0. The van der Waals surface area contributed by atoms with Crippen molar-refractivity contribution in [2.45, 2.75) is 185 Å². The Bertz CT molecular complexity index is 1180. The van der Waals surface area contributed by atoms with Crippen LogP contribution in [0.15, 0.2) is 82.6 Å². The Morgan fingerprint density at radius 3 is 1.16 bits per heavy atom. The molecule has 0 aliphatic rings. The highest BCUT2D eigenvalue weighted by Gasteiger charge is 2.31. The maximum atomic E-state index is 15.3. The Morgan fingerprint density at radius 2 is 0.740 bits per heavy atom.